The predicted octanol–water partition coefficient (Wildman–Crippen LogP) is 1.92. The SMILES string of the molecule is NC(=NCc1ccnc(OC2CCCCC2)c1)NCCCN1CCOCC1. The number of pyridine rings is 1. The number of morpholine rings is 1. The fourth-order valence-electron chi connectivity index (χ4n) is 3.54. The van der Waals surface area contributed by atoms with Crippen molar-refractivity contribution in [2.75, 3.05) is 39.4 Å². The van der Waals surface area contributed by atoms with Crippen LogP contribution in [0, 0.1) is 0 Å². The highest BCUT2D eigenvalue weighted by molar-refractivity contribution is 5.77. The van der Waals surface area contributed by atoms with Gasteiger partial charge in [-0.25, -0.2) is 9.98 Å². The van der Waals surface area contributed by atoms with Crippen LogP contribution in [0.3, 0.4) is 0 Å². The third-order valence-corrected chi connectivity index (χ3v) is 5.13. The van der Waals surface area contributed by atoms with Gasteiger partial charge >= 0.3 is 0 Å². The van der Waals surface area contributed by atoms with Crippen molar-refractivity contribution < 1.29 is 9.47 Å². The van der Waals surface area contributed by atoms with Crippen molar-refractivity contribution in [3.05, 3.63) is 23.9 Å². The first-order chi connectivity index (χ1) is 13.3. The second kappa shape index (κ2) is 11.1. The molecule has 0 amide bonds. The molecule has 1 saturated heterocycles. The fraction of sp³-hybridized carbons (Fsp3) is 0.700. The molecule has 0 radical (unpaired) electrons. The summed E-state index contributed by atoms with van der Waals surface area (Å²) in [5.41, 5.74) is 7.05. The topological polar surface area (TPSA) is 85.0 Å². The summed E-state index contributed by atoms with van der Waals surface area (Å²) in [6, 6.07) is 3.94. The van der Waals surface area contributed by atoms with Crippen molar-refractivity contribution >= 4 is 5.96 Å². The van der Waals surface area contributed by atoms with Crippen LogP contribution >= 0.6 is 0 Å². The van der Waals surface area contributed by atoms with Gasteiger partial charge in [0.25, 0.3) is 0 Å². The number of hydrogen-bond donors (Lipinski definition) is 2. The first-order valence-electron chi connectivity index (χ1n) is 10.2. The van der Waals surface area contributed by atoms with Gasteiger partial charge in [0.2, 0.25) is 5.88 Å². The van der Waals surface area contributed by atoms with Gasteiger partial charge in [-0.3, -0.25) is 4.90 Å². The fourth-order valence-corrected chi connectivity index (χ4v) is 3.54. The number of rotatable bonds is 8. The molecule has 2 heterocycles. The predicted molar refractivity (Wildman–Crippen MR) is 107 cm³/mol. The van der Waals surface area contributed by atoms with Gasteiger partial charge in [0, 0.05) is 31.9 Å². The molecule has 1 aliphatic heterocycles. The van der Waals surface area contributed by atoms with Crippen molar-refractivity contribution in [1.82, 2.24) is 15.2 Å². The minimum Gasteiger partial charge on any atom is -0.474 e. The van der Waals surface area contributed by atoms with E-state index in [4.69, 9.17) is 15.2 Å². The van der Waals surface area contributed by atoms with E-state index in [0.717, 1.165) is 64.2 Å². The van der Waals surface area contributed by atoms with Crippen LogP contribution in [0.2, 0.25) is 0 Å². The first kappa shape index (κ1) is 19.9. The molecule has 1 saturated carbocycles. The number of nitrogens with zero attached hydrogens (tertiary/aromatic N) is 3. The lowest BCUT2D eigenvalue weighted by Gasteiger charge is -2.26. The van der Waals surface area contributed by atoms with E-state index in [1.165, 1.54) is 19.3 Å². The van der Waals surface area contributed by atoms with Crippen molar-refractivity contribution in [3.8, 4) is 5.88 Å². The Bertz CT molecular complexity index is 583. The quantitative estimate of drug-likeness (QED) is 0.410. The number of nitrogens with one attached hydrogen (secondary N) is 1. The summed E-state index contributed by atoms with van der Waals surface area (Å²) in [4.78, 5) is 11.2. The van der Waals surface area contributed by atoms with Gasteiger partial charge in [-0.15, -0.1) is 0 Å². The Balaban J connectivity index is 1.36. The smallest absolute Gasteiger partial charge is 0.213 e. The molecule has 0 bridgehead atoms. The number of nitrogens with two attached hydrogens (primary N) is 1. The number of aromatic nitrogens is 1. The van der Waals surface area contributed by atoms with Crippen LogP contribution in [0.5, 0.6) is 5.88 Å². The molecule has 27 heavy (non-hydrogen) atoms. The van der Waals surface area contributed by atoms with Gasteiger partial charge < -0.3 is 20.5 Å². The molecular weight excluding hydrogens is 342 g/mol. The average Bonchev–Trinajstić information content (AvgIpc) is 2.71. The standard InChI is InChI=1S/C20H33N5O2/c21-20(23-8-4-10-25-11-13-26-14-12-25)24-16-17-7-9-22-19(15-17)27-18-5-2-1-3-6-18/h7,9,15,18H,1-6,8,10-14,16H2,(H3,21,23,24). The summed E-state index contributed by atoms with van der Waals surface area (Å²) in [7, 11) is 0. The maximum atomic E-state index is 6.02. The van der Waals surface area contributed by atoms with Crippen LogP contribution in [0.1, 0.15) is 44.1 Å². The van der Waals surface area contributed by atoms with E-state index in [2.05, 4.69) is 20.2 Å². The van der Waals surface area contributed by atoms with Crippen molar-refractivity contribution in [3.63, 3.8) is 0 Å². The molecule has 3 rings (SSSR count). The highest BCUT2D eigenvalue weighted by Crippen LogP contribution is 2.22. The maximum absolute atomic E-state index is 6.02. The zero-order chi connectivity index (χ0) is 18.7. The second-order valence-electron chi connectivity index (χ2n) is 7.32. The van der Waals surface area contributed by atoms with Gasteiger partial charge in [-0.1, -0.05) is 6.42 Å². The Labute approximate surface area is 162 Å². The molecule has 3 N–H and O–H groups in total. The van der Waals surface area contributed by atoms with E-state index in [0.29, 0.717) is 24.5 Å². The van der Waals surface area contributed by atoms with E-state index in [1.54, 1.807) is 6.20 Å². The Morgan fingerprint density at radius 1 is 1.30 bits per heavy atom. The molecule has 2 fully saturated rings. The van der Waals surface area contributed by atoms with Crippen LogP contribution in [-0.2, 0) is 11.3 Å². The number of hydrogen-bond acceptors (Lipinski definition) is 5. The van der Waals surface area contributed by atoms with Crippen LogP contribution < -0.4 is 15.8 Å². The van der Waals surface area contributed by atoms with Crippen LogP contribution in [0.4, 0.5) is 0 Å². The average molecular weight is 376 g/mol. The number of guanidine groups is 1. The molecule has 0 aromatic carbocycles. The molecule has 7 nitrogen and oxygen atoms in total. The minimum absolute atomic E-state index is 0.309. The molecule has 0 unspecified atom stereocenters. The third-order valence-electron chi connectivity index (χ3n) is 5.13. The molecule has 1 aliphatic carbocycles. The monoisotopic (exact) mass is 375 g/mol. The van der Waals surface area contributed by atoms with Gasteiger partial charge in [-0.05, 0) is 50.3 Å². The zero-order valence-electron chi connectivity index (χ0n) is 16.2. The summed E-state index contributed by atoms with van der Waals surface area (Å²) < 4.78 is 11.4. The number of aliphatic imine (C=N–C) groups is 1. The summed E-state index contributed by atoms with van der Waals surface area (Å²) in [6.07, 6.45) is 9.23. The Kier molecular flexibility index (Phi) is 8.17. The van der Waals surface area contributed by atoms with E-state index < -0.39 is 0 Å². The lowest BCUT2D eigenvalue weighted by atomic mass is 9.98. The largest absolute Gasteiger partial charge is 0.474 e. The molecule has 7 heteroatoms. The van der Waals surface area contributed by atoms with Gasteiger partial charge in [0.05, 0.1) is 19.8 Å². The first-order valence-corrected chi connectivity index (χ1v) is 10.2. The highest BCUT2D eigenvalue weighted by Gasteiger charge is 2.15. The van der Waals surface area contributed by atoms with Crippen LogP contribution in [-0.4, -0.2) is 61.3 Å². The van der Waals surface area contributed by atoms with Gasteiger partial charge in [-0.2, -0.15) is 0 Å². The van der Waals surface area contributed by atoms with Crippen LogP contribution in [0.25, 0.3) is 0 Å². The van der Waals surface area contributed by atoms with Gasteiger partial charge in [0.15, 0.2) is 5.96 Å². The van der Waals surface area contributed by atoms with E-state index in [1.807, 2.05) is 12.1 Å². The normalized spacial score (nSPS) is 19.8. The summed E-state index contributed by atoms with van der Waals surface area (Å²) in [6.45, 7) is 6.17. The Hall–Kier alpha value is -1.86. The second-order valence-corrected chi connectivity index (χ2v) is 7.32. The molecule has 1 aromatic rings. The minimum atomic E-state index is 0.309. The molecule has 0 atom stereocenters. The zero-order valence-corrected chi connectivity index (χ0v) is 16.2. The van der Waals surface area contributed by atoms with E-state index in [9.17, 15) is 0 Å². The molecule has 1 aromatic heterocycles. The van der Waals surface area contributed by atoms with Crippen molar-refractivity contribution in [2.24, 2.45) is 10.7 Å². The summed E-state index contributed by atoms with van der Waals surface area (Å²) in [5, 5.41) is 3.20. The van der Waals surface area contributed by atoms with Crippen molar-refractivity contribution in [1.29, 1.82) is 0 Å². The maximum Gasteiger partial charge on any atom is 0.213 e. The van der Waals surface area contributed by atoms with Crippen molar-refractivity contribution in [2.45, 2.75) is 51.2 Å². The van der Waals surface area contributed by atoms with E-state index in [-0.39, 0.29) is 0 Å². The summed E-state index contributed by atoms with van der Waals surface area (Å²) in [5.74, 6) is 1.19. The van der Waals surface area contributed by atoms with Gasteiger partial charge in [0.1, 0.15) is 6.10 Å². The third kappa shape index (κ3) is 7.34. The lowest BCUT2D eigenvalue weighted by molar-refractivity contribution is 0.0376. The van der Waals surface area contributed by atoms with Crippen LogP contribution in [0.15, 0.2) is 23.3 Å². The Morgan fingerprint density at radius 2 is 2.11 bits per heavy atom. The lowest BCUT2D eigenvalue weighted by Crippen LogP contribution is -2.39. The molecular formula is C20H33N5O2. The number of ether oxygens (including phenoxy) is 2. The Morgan fingerprint density at radius 3 is 2.93 bits per heavy atom. The summed E-state index contributed by atoms with van der Waals surface area (Å²) >= 11 is 0. The van der Waals surface area contributed by atoms with E-state index >= 15 is 0 Å². The highest BCUT2D eigenvalue weighted by atomic mass is 16.5. The molecule has 150 valence electrons. The molecule has 2 aliphatic rings. The molecule has 0 spiro atoms.